The zero-order valence-electron chi connectivity index (χ0n) is 18.4. The van der Waals surface area contributed by atoms with Crippen LogP contribution in [0.5, 0.6) is 0 Å². The number of fused-ring (bicyclic) bond motifs is 8. The second kappa shape index (κ2) is 5.38. The van der Waals surface area contributed by atoms with E-state index >= 15 is 0 Å². The SMILES string of the molecule is CC(C)(C)OC(=O)N1[C@@H]2C[C@@]3(C)[C@@H](CC[C@H]4[C@@H]5[C@@H]6O[C@@H]6C(=O)[C@@]5(C)CC[C@@H]43)C[C@@H]21. The highest BCUT2D eigenvalue weighted by molar-refractivity contribution is 5.94. The lowest BCUT2D eigenvalue weighted by molar-refractivity contribution is -0.148. The highest BCUT2D eigenvalue weighted by Crippen LogP contribution is 2.69. The first-order valence-corrected chi connectivity index (χ1v) is 11.8. The molecule has 2 aliphatic heterocycles. The molecule has 0 aromatic heterocycles. The number of carbonyl (C=O) groups is 2. The zero-order chi connectivity index (χ0) is 20.5. The molecule has 5 nitrogen and oxygen atoms in total. The Morgan fingerprint density at radius 2 is 1.93 bits per heavy atom. The average molecular weight is 402 g/mol. The number of amides is 1. The highest BCUT2D eigenvalue weighted by atomic mass is 16.6. The van der Waals surface area contributed by atoms with Gasteiger partial charge in [-0.2, -0.15) is 0 Å². The van der Waals surface area contributed by atoms with Gasteiger partial charge in [-0.05, 0) is 82.5 Å². The number of Topliss-reactive ketones (excluding diaryl/α,β-unsaturated/α-hetero) is 1. The van der Waals surface area contributed by atoms with Crippen molar-refractivity contribution in [2.75, 3.05) is 0 Å². The molecule has 6 aliphatic rings. The standard InChI is InChI=1S/C24H35NO4/c1-22(2,3)29-21(27)25-15-10-12-6-7-13-14(24(12,5)11-16(15)25)8-9-23(4)17(13)18-19(28-18)20(23)26/h12-19H,6-11H2,1-5H3/t12-,13+,14-,15-,16+,17+,18-,19-,23-,24-,25?/m0/s1. The minimum absolute atomic E-state index is 0.0869. The lowest BCUT2D eigenvalue weighted by Crippen LogP contribution is -2.55. The molecular formula is C24H35NO4. The van der Waals surface area contributed by atoms with Crippen LogP contribution in [-0.2, 0) is 14.3 Å². The van der Waals surface area contributed by atoms with Gasteiger partial charge in [0.2, 0.25) is 0 Å². The summed E-state index contributed by atoms with van der Waals surface area (Å²) < 4.78 is 11.5. The van der Waals surface area contributed by atoms with Crippen LogP contribution in [0, 0.1) is 34.5 Å². The second-order valence-electron chi connectivity index (χ2n) is 12.4. The maximum absolute atomic E-state index is 12.8. The van der Waals surface area contributed by atoms with Gasteiger partial charge < -0.3 is 9.47 Å². The normalized spacial score (nSPS) is 54.5. The van der Waals surface area contributed by atoms with Crippen LogP contribution in [0.25, 0.3) is 0 Å². The molecule has 6 rings (SSSR count). The van der Waals surface area contributed by atoms with Gasteiger partial charge in [0.05, 0.1) is 18.2 Å². The average Bonchev–Trinajstić information content (AvgIpc) is 3.50. The second-order valence-corrected chi connectivity index (χ2v) is 12.4. The third kappa shape index (κ3) is 2.37. The van der Waals surface area contributed by atoms with E-state index in [-0.39, 0.29) is 29.1 Å². The van der Waals surface area contributed by atoms with Crippen LogP contribution in [0.3, 0.4) is 0 Å². The zero-order valence-corrected chi connectivity index (χ0v) is 18.4. The van der Waals surface area contributed by atoms with E-state index in [1.54, 1.807) is 0 Å². The van der Waals surface area contributed by atoms with Gasteiger partial charge in [-0.3, -0.25) is 9.69 Å². The molecule has 6 fully saturated rings. The summed E-state index contributed by atoms with van der Waals surface area (Å²) in [7, 11) is 0. The summed E-state index contributed by atoms with van der Waals surface area (Å²) in [5.74, 6) is 2.78. The van der Waals surface area contributed by atoms with E-state index < -0.39 is 5.60 Å². The maximum Gasteiger partial charge on any atom is 0.410 e. The van der Waals surface area contributed by atoms with Gasteiger partial charge in [0, 0.05) is 11.3 Å². The summed E-state index contributed by atoms with van der Waals surface area (Å²) in [5, 5.41) is 0. The quantitative estimate of drug-likeness (QED) is 0.571. The summed E-state index contributed by atoms with van der Waals surface area (Å²) >= 11 is 0. The van der Waals surface area contributed by atoms with Gasteiger partial charge in [-0.25, -0.2) is 4.79 Å². The van der Waals surface area contributed by atoms with Gasteiger partial charge in [0.25, 0.3) is 0 Å². The van der Waals surface area contributed by atoms with Gasteiger partial charge in [-0.15, -0.1) is 0 Å². The monoisotopic (exact) mass is 401 g/mol. The summed E-state index contributed by atoms with van der Waals surface area (Å²) in [6.45, 7) is 10.6. The number of ketones is 1. The van der Waals surface area contributed by atoms with Crippen LogP contribution in [0.4, 0.5) is 4.79 Å². The number of epoxide rings is 1. The number of hydrogen-bond acceptors (Lipinski definition) is 4. The number of likely N-dealkylation sites (tertiary alicyclic amines) is 1. The molecule has 4 aliphatic carbocycles. The van der Waals surface area contributed by atoms with E-state index in [1.807, 2.05) is 25.7 Å². The fraction of sp³-hybridized carbons (Fsp3) is 0.917. The van der Waals surface area contributed by atoms with Crippen LogP contribution in [0.15, 0.2) is 0 Å². The third-order valence-corrected chi connectivity index (χ3v) is 9.87. The van der Waals surface area contributed by atoms with Gasteiger partial charge in [-0.1, -0.05) is 13.8 Å². The third-order valence-electron chi connectivity index (χ3n) is 9.87. The number of hydrogen-bond donors (Lipinski definition) is 0. The molecule has 4 saturated carbocycles. The van der Waals surface area contributed by atoms with Crippen molar-refractivity contribution in [1.82, 2.24) is 4.90 Å². The van der Waals surface area contributed by atoms with Crippen molar-refractivity contribution in [3.05, 3.63) is 0 Å². The molecule has 160 valence electrons. The first-order valence-electron chi connectivity index (χ1n) is 11.8. The van der Waals surface area contributed by atoms with E-state index in [9.17, 15) is 9.59 Å². The number of carbonyl (C=O) groups excluding carboxylic acids is 2. The Morgan fingerprint density at radius 3 is 2.66 bits per heavy atom. The van der Waals surface area contributed by atoms with E-state index in [1.165, 1.54) is 19.3 Å². The van der Waals surface area contributed by atoms with Crippen molar-refractivity contribution in [1.29, 1.82) is 0 Å². The summed E-state index contributed by atoms with van der Waals surface area (Å²) in [4.78, 5) is 27.6. The Balaban J connectivity index is 1.24. The molecule has 0 N–H and O–H groups in total. The van der Waals surface area contributed by atoms with Crippen molar-refractivity contribution in [3.8, 4) is 0 Å². The molecule has 29 heavy (non-hydrogen) atoms. The van der Waals surface area contributed by atoms with Gasteiger partial charge in [0.15, 0.2) is 5.78 Å². The Kier molecular flexibility index (Phi) is 3.46. The maximum atomic E-state index is 12.8. The predicted octanol–water partition coefficient (Wildman–Crippen LogP) is 4.18. The van der Waals surface area contributed by atoms with Gasteiger partial charge >= 0.3 is 6.09 Å². The predicted molar refractivity (Wildman–Crippen MR) is 107 cm³/mol. The molecule has 10 atom stereocenters. The molecule has 5 heteroatoms. The van der Waals surface area contributed by atoms with Crippen LogP contribution in [-0.4, -0.2) is 46.7 Å². The topological polar surface area (TPSA) is 58.9 Å². The number of nitrogens with zero attached hydrogens (tertiary/aromatic N) is 1. The fourth-order valence-electron chi connectivity index (χ4n) is 8.48. The summed E-state index contributed by atoms with van der Waals surface area (Å²) in [5.41, 5.74) is -0.302. The Bertz CT molecular complexity index is 788. The Labute approximate surface area is 173 Å². The van der Waals surface area contributed by atoms with Crippen LogP contribution < -0.4 is 0 Å². The van der Waals surface area contributed by atoms with E-state index in [0.717, 1.165) is 19.3 Å². The molecule has 0 aromatic carbocycles. The Hall–Kier alpha value is -1.10. The summed E-state index contributed by atoms with van der Waals surface area (Å²) in [6, 6.07) is 0.742. The molecule has 0 bridgehead atoms. The molecule has 1 amide bonds. The highest BCUT2D eigenvalue weighted by Gasteiger charge is 2.73. The van der Waals surface area contributed by atoms with Crippen LogP contribution >= 0.6 is 0 Å². The molecular weight excluding hydrogens is 366 g/mol. The van der Waals surface area contributed by atoms with E-state index in [2.05, 4.69) is 13.8 Å². The lowest BCUT2D eigenvalue weighted by Gasteiger charge is -2.59. The molecule has 0 aromatic rings. The Morgan fingerprint density at radius 1 is 1.17 bits per heavy atom. The van der Waals surface area contributed by atoms with Gasteiger partial charge in [0.1, 0.15) is 11.7 Å². The minimum atomic E-state index is -0.436. The number of ether oxygens (including phenoxy) is 2. The van der Waals surface area contributed by atoms with Crippen molar-refractivity contribution in [2.24, 2.45) is 34.5 Å². The number of rotatable bonds is 0. The first kappa shape index (κ1) is 18.7. The van der Waals surface area contributed by atoms with Crippen LogP contribution in [0.2, 0.25) is 0 Å². The largest absolute Gasteiger partial charge is 0.444 e. The van der Waals surface area contributed by atoms with E-state index in [4.69, 9.17) is 9.47 Å². The molecule has 2 saturated heterocycles. The molecule has 0 unspecified atom stereocenters. The van der Waals surface area contributed by atoms with Crippen molar-refractivity contribution < 1.29 is 19.1 Å². The molecule has 2 heterocycles. The fourth-order valence-corrected chi connectivity index (χ4v) is 8.48. The van der Waals surface area contributed by atoms with Crippen LogP contribution in [0.1, 0.15) is 73.1 Å². The van der Waals surface area contributed by atoms with Crippen molar-refractivity contribution >= 4 is 11.9 Å². The van der Waals surface area contributed by atoms with Crippen molar-refractivity contribution in [2.45, 2.75) is 103 Å². The molecule has 0 spiro atoms. The first-order chi connectivity index (χ1) is 13.5. The summed E-state index contributed by atoms with van der Waals surface area (Å²) in [6.07, 6.45) is 6.89. The minimum Gasteiger partial charge on any atom is -0.444 e. The smallest absolute Gasteiger partial charge is 0.410 e. The van der Waals surface area contributed by atoms with Crippen molar-refractivity contribution in [3.63, 3.8) is 0 Å². The van der Waals surface area contributed by atoms with E-state index in [0.29, 0.717) is 41.5 Å². The molecule has 0 radical (unpaired) electrons. The lowest BCUT2D eigenvalue weighted by atomic mass is 9.45.